The first-order valence-corrected chi connectivity index (χ1v) is 15.5. The van der Waals surface area contributed by atoms with E-state index in [-0.39, 0.29) is 49.5 Å². The van der Waals surface area contributed by atoms with E-state index in [1.807, 2.05) is 6.07 Å². The van der Waals surface area contributed by atoms with Gasteiger partial charge >= 0.3 is 5.97 Å². The van der Waals surface area contributed by atoms with Gasteiger partial charge in [-0.3, -0.25) is 19.4 Å². The number of methoxy groups -OCH3 is 2. The van der Waals surface area contributed by atoms with E-state index in [9.17, 15) is 23.6 Å². The minimum Gasteiger partial charge on any atom is -0.496 e. The molecule has 1 saturated heterocycles. The fraction of sp³-hybridized carbons (Fsp3) is 0.250. The number of ether oxygens (including phenoxy) is 4. The Labute approximate surface area is 281 Å². The fourth-order valence-corrected chi connectivity index (χ4v) is 5.81. The number of benzene rings is 3. The van der Waals surface area contributed by atoms with Crippen molar-refractivity contribution >= 4 is 23.7 Å². The normalized spacial score (nSPS) is 17.7. The number of esters is 1. The molecule has 0 aliphatic carbocycles. The molecule has 252 valence electrons. The standard InChI is InChI=1S/C36H33FN4O8/c1-46-31-7-6-23-14-29(31)22-4-3-5-27(13-22)48-20-33(42)39-16-21-10-26(37)15-28(11-21)49-32-8-9-41(19-30(32)40-34(23)43)35(44)24-12-25(18-38-17-24)36(45)47-2/h3-7,10-15,17-18,30,32H,8-9,16,19-20H2,1-2H3,(H,39,42)(H,40,43)/t30-,32-/m1/s1. The van der Waals surface area contributed by atoms with Crippen LogP contribution in [0, 0.1) is 5.82 Å². The zero-order valence-corrected chi connectivity index (χ0v) is 26.7. The lowest BCUT2D eigenvalue weighted by molar-refractivity contribution is -0.123. The van der Waals surface area contributed by atoms with Gasteiger partial charge in [0.15, 0.2) is 6.61 Å². The van der Waals surface area contributed by atoms with Crippen LogP contribution in [0.3, 0.4) is 0 Å². The Morgan fingerprint density at radius 3 is 2.61 bits per heavy atom. The van der Waals surface area contributed by atoms with Crippen molar-refractivity contribution in [1.82, 2.24) is 20.5 Å². The predicted molar refractivity (Wildman–Crippen MR) is 174 cm³/mol. The third-order valence-electron chi connectivity index (χ3n) is 8.24. The second kappa shape index (κ2) is 14.4. The average molecular weight is 669 g/mol. The molecule has 0 unspecified atom stereocenters. The second-order valence-electron chi connectivity index (χ2n) is 11.5. The number of rotatable bonds is 3. The van der Waals surface area contributed by atoms with Gasteiger partial charge in [-0.2, -0.15) is 0 Å². The van der Waals surface area contributed by atoms with Crippen molar-refractivity contribution in [3.05, 3.63) is 107 Å². The van der Waals surface area contributed by atoms with Crippen molar-refractivity contribution in [2.24, 2.45) is 0 Å². The summed E-state index contributed by atoms with van der Waals surface area (Å²) in [5.74, 6) is -1.33. The van der Waals surface area contributed by atoms with Gasteiger partial charge in [-0.1, -0.05) is 12.1 Å². The number of aromatic nitrogens is 1. The van der Waals surface area contributed by atoms with Gasteiger partial charge in [-0.15, -0.1) is 0 Å². The fourth-order valence-electron chi connectivity index (χ4n) is 5.81. The van der Waals surface area contributed by atoms with Gasteiger partial charge < -0.3 is 34.5 Å². The maximum Gasteiger partial charge on any atom is 0.339 e. The summed E-state index contributed by atoms with van der Waals surface area (Å²) in [4.78, 5) is 57.7. The van der Waals surface area contributed by atoms with Crippen LogP contribution in [0.1, 0.15) is 43.1 Å². The number of pyridine rings is 1. The van der Waals surface area contributed by atoms with Crippen LogP contribution in [0.2, 0.25) is 0 Å². The topological polar surface area (TPSA) is 145 Å². The van der Waals surface area contributed by atoms with E-state index in [1.165, 1.54) is 49.7 Å². The Hall–Kier alpha value is -5.98. The first kappa shape index (κ1) is 32.9. The highest BCUT2D eigenvalue weighted by molar-refractivity contribution is 5.98. The summed E-state index contributed by atoms with van der Waals surface area (Å²) < 4.78 is 37.1. The summed E-state index contributed by atoms with van der Waals surface area (Å²) in [5.41, 5.74) is 2.36. The van der Waals surface area contributed by atoms with Crippen LogP contribution >= 0.6 is 0 Å². The Morgan fingerprint density at radius 1 is 0.959 bits per heavy atom. The molecule has 12 nitrogen and oxygen atoms in total. The quantitative estimate of drug-likeness (QED) is 0.312. The molecule has 0 radical (unpaired) electrons. The highest BCUT2D eigenvalue weighted by Gasteiger charge is 2.35. The van der Waals surface area contributed by atoms with Crippen LogP contribution in [0.25, 0.3) is 11.1 Å². The van der Waals surface area contributed by atoms with E-state index in [1.54, 1.807) is 42.5 Å². The molecular formula is C36H33FN4O8. The van der Waals surface area contributed by atoms with Crippen molar-refractivity contribution in [1.29, 1.82) is 0 Å². The monoisotopic (exact) mass is 668 g/mol. The zero-order chi connectivity index (χ0) is 34.5. The Morgan fingerprint density at radius 2 is 1.80 bits per heavy atom. The summed E-state index contributed by atoms with van der Waals surface area (Å²) in [5, 5.41) is 5.76. The summed E-state index contributed by atoms with van der Waals surface area (Å²) in [6, 6.07) is 16.8. The predicted octanol–water partition coefficient (Wildman–Crippen LogP) is 3.78. The molecule has 1 aromatic heterocycles. The number of carbonyl (C=O) groups is 4. The first-order chi connectivity index (χ1) is 23.7. The maximum absolute atomic E-state index is 14.8. The first-order valence-electron chi connectivity index (χ1n) is 15.5. The molecule has 3 amide bonds. The number of likely N-dealkylation sites (tertiary alicyclic amines) is 1. The van der Waals surface area contributed by atoms with Crippen LogP contribution < -0.4 is 24.8 Å². The molecule has 2 N–H and O–H groups in total. The van der Waals surface area contributed by atoms with Crippen molar-refractivity contribution < 1.29 is 42.5 Å². The number of nitrogens with one attached hydrogen (secondary N) is 2. The van der Waals surface area contributed by atoms with Crippen molar-refractivity contribution in [3.8, 4) is 28.4 Å². The number of carbonyl (C=O) groups excluding carboxylic acids is 4. The van der Waals surface area contributed by atoms with Gasteiger partial charge in [0.1, 0.15) is 29.2 Å². The van der Waals surface area contributed by atoms with E-state index >= 15 is 0 Å². The molecule has 3 heterocycles. The molecule has 6 bridgehead atoms. The molecule has 49 heavy (non-hydrogen) atoms. The van der Waals surface area contributed by atoms with Crippen molar-refractivity contribution in [2.75, 3.05) is 33.9 Å². The third-order valence-corrected chi connectivity index (χ3v) is 8.24. The van der Waals surface area contributed by atoms with Gasteiger partial charge in [0, 0.05) is 55.6 Å². The smallest absolute Gasteiger partial charge is 0.339 e. The van der Waals surface area contributed by atoms with Crippen LogP contribution in [-0.4, -0.2) is 79.6 Å². The van der Waals surface area contributed by atoms with Gasteiger partial charge in [0.05, 0.1) is 31.4 Å². The second-order valence-corrected chi connectivity index (χ2v) is 11.5. The summed E-state index contributed by atoms with van der Waals surface area (Å²) in [7, 11) is 2.76. The third kappa shape index (κ3) is 7.61. The number of piperidine rings is 1. The summed E-state index contributed by atoms with van der Waals surface area (Å²) >= 11 is 0. The lowest BCUT2D eigenvalue weighted by Gasteiger charge is -2.39. The highest BCUT2D eigenvalue weighted by Crippen LogP contribution is 2.33. The van der Waals surface area contributed by atoms with Crippen LogP contribution in [0.5, 0.6) is 17.2 Å². The van der Waals surface area contributed by atoms with E-state index in [2.05, 4.69) is 15.6 Å². The Balaban J connectivity index is 1.35. The van der Waals surface area contributed by atoms with Crippen LogP contribution in [0.4, 0.5) is 4.39 Å². The van der Waals surface area contributed by atoms with Crippen LogP contribution in [-0.2, 0) is 16.1 Å². The molecular weight excluding hydrogens is 635 g/mol. The van der Waals surface area contributed by atoms with Gasteiger partial charge in [-0.05, 0) is 59.7 Å². The number of hydrogen-bond acceptors (Lipinski definition) is 9. The molecule has 2 aliphatic heterocycles. The molecule has 0 saturated carbocycles. The van der Waals surface area contributed by atoms with Gasteiger partial charge in [0.2, 0.25) is 0 Å². The highest BCUT2D eigenvalue weighted by atomic mass is 19.1. The number of halogens is 1. The summed E-state index contributed by atoms with van der Waals surface area (Å²) in [6.45, 7) is 0.0206. The van der Waals surface area contributed by atoms with Crippen molar-refractivity contribution in [3.63, 3.8) is 0 Å². The zero-order valence-electron chi connectivity index (χ0n) is 26.7. The molecule has 0 spiro atoms. The molecule has 13 heteroatoms. The Bertz CT molecular complexity index is 1920. The number of hydrogen-bond donors (Lipinski definition) is 2. The molecule has 3 aromatic carbocycles. The largest absolute Gasteiger partial charge is 0.496 e. The number of fused-ring (bicyclic) bond motifs is 8. The van der Waals surface area contributed by atoms with E-state index < -0.39 is 41.7 Å². The summed E-state index contributed by atoms with van der Waals surface area (Å²) in [6.07, 6.45) is 2.28. The van der Waals surface area contributed by atoms with Gasteiger partial charge in [0.25, 0.3) is 17.7 Å². The lowest BCUT2D eigenvalue weighted by Crippen LogP contribution is -2.58. The number of amides is 3. The molecule has 2 aliphatic rings. The van der Waals surface area contributed by atoms with Crippen LogP contribution in [0.15, 0.2) is 79.1 Å². The van der Waals surface area contributed by atoms with E-state index in [4.69, 9.17) is 18.9 Å². The van der Waals surface area contributed by atoms with E-state index in [0.29, 0.717) is 33.8 Å². The maximum atomic E-state index is 14.8. The number of nitrogens with zero attached hydrogens (tertiary/aromatic N) is 2. The minimum absolute atomic E-state index is 0.0190. The SMILES string of the molecule is COC(=O)c1cncc(C(=O)N2CC[C@H]3Oc4cc(F)cc(c4)CNC(=O)COc4cccc(c4)-c4cc(ccc4OC)C(=O)N[C@@H]3C2)c1. The minimum atomic E-state index is -0.738. The molecule has 4 aromatic rings. The van der Waals surface area contributed by atoms with Crippen molar-refractivity contribution in [2.45, 2.75) is 25.1 Å². The van der Waals surface area contributed by atoms with E-state index in [0.717, 1.165) is 0 Å². The molecule has 1 fully saturated rings. The molecule has 6 rings (SSSR count). The average Bonchev–Trinajstić information content (AvgIpc) is 3.12. The Kier molecular flexibility index (Phi) is 9.69. The van der Waals surface area contributed by atoms with Gasteiger partial charge in [-0.25, -0.2) is 9.18 Å². The lowest BCUT2D eigenvalue weighted by atomic mass is 9.98. The molecule has 2 atom stereocenters.